The highest BCUT2D eigenvalue weighted by molar-refractivity contribution is 7.89. The van der Waals surface area contributed by atoms with Gasteiger partial charge in [0.2, 0.25) is 20.0 Å². The maximum absolute atomic E-state index is 12.8. The normalized spacial score (nSPS) is 18.5. The van der Waals surface area contributed by atoms with Gasteiger partial charge in [0, 0.05) is 26.2 Å². The lowest BCUT2D eigenvalue weighted by Gasteiger charge is -2.32. The summed E-state index contributed by atoms with van der Waals surface area (Å²) in [6.45, 7) is 6.37. The van der Waals surface area contributed by atoms with Crippen LogP contribution < -0.4 is 0 Å². The van der Waals surface area contributed by atoms with E-state index >= 15 is 0 Å². The first-order valence-corrected chi connectivity index (χ1v) is 10.4. The summed E-state index contributed by atoms with van der Waals surface area (Å²) in [7, 11) is -6.86. The van der Waals surface area contributed by atoms with E-state index in [2.05, 4.69) is 0 Å². The fourth-order valence-corrected chi connectivity index (χ4v) is 5.13. The van der Waals surface area contributed by atoms with Crippen molar-refractivity contribution in [1.82, 2.24) is 8.61 Å². The average molecular weight is 346 g/mol. The van der Waals surface area contributed by atoms with Crippen LogP contribution >= 0.6 is 0 Å². The highest BCUT2D eigenvalue weighted by Crippen LogP contribution is 2.24. The maximum atomic E-state index is 12.8. The van der Waals surface area contributed by atoms with Crippen LogP contribution in [-0.4, -0.2) is 57.9 Å². The Hall–Kier alpha value is -0.960. The molecule has 1 saturated heterocycles. The van der Waals surface area contributed by atoms with Crippen LogP contribution in [0.15, 0.2) is 17.0 Å². The Morgan fingerprint density at radius 2 is 1.23 bits per heavy atom. The van der Waals surface area contributed by atoms with Crippen molar-refractivity contribution in [3.63, 3.8) is 0 Å². The molecule has 1 fully saturated rings. The third-order valence-corrected chi connectivity index (χ3v) is 7.42. The number of hydrogen-bond acceptors (Lipinski definition) is 4. The molecule has 0 bridgehead atoms. The minimum Gasteiger partial charge on any atom is -0.213 e. The van der Waals surface area contributed by atoms with Gasteiger partial charge in [0.05, 0.1) is 11.2 Å². The van der Waals surface area contributed by atoms with E-state index < -0.39 is 20.0 Å². The summed E-state index contributed by atoms with van der Waals surface area (Å²) in [5, 5.41) is 0. The first-order chi connectivity index (χ1) is 10.0. The molecule has 1 aliphatic rings. The van der Waals surface area contributed by atoms with Gasteiger partial charge in [-0.05, 0) is 43.5 Å². The minimum absolute atomic E-state index is 0.182. The number of nitrogens with zero attached hydrogens (tertiary/aromatic N) is 2. The molecule has 0 N–H and O–H groups in total. The van der Waals surface area contributed by atoms with Gasteiger partial charge in [0.15, 0.2) is 0 Å². The number of sulfonamides is 2. The van der Waals surface area contributed by atoms with E-state index in [1.807, 2.05) is 19.9 Å². The lowest BCUT2D eigenvalue weighted by Crippen LogP contribution is -2.50. The number of benzene rings is 1. The van der Waals surface area contributed by atoms with Gasteiger partial charge in [-0.15, -0.1) is 0 Å². The van der Waals surface area contributed by atoms with E-state index in [9.17, 15) is 16.8 Å². The highest BCUT2D eigenvalue weighted by Gasteiger charge is 2.32. The van der Waals surface area contributed by atoms with E-state index in [0.717, 1.165) is 17.4 Å². The van der Waals surface area contributed by atoms with Crippen LogP contribution in [0.1, 0.15) is 16.7 Å². The fourth-order valence-electron chi connectivity index (χ4n) is 2.59. The zero-order valence-corrected chi connectivity index (χ0v) is 15.0. The zero-order valence-electron chi connectivity index (χ0n) is 13.3. The molecule has 0 atom stereocenters. The van der Waals surface area contributed by atoms with Crippen LogP contribution in [0.5, 0.6) is 0 Å². The Balaban J connectivity index is 2.28. The van der Waals surface area contributed by atoms with Gasteiger partial charge in [0.25, 0.3) is 0 Å². The number of hydrogen-bond donors (Lipinski definition) is 0. The molecule has 8 heteroatoms. The van der Waals surface area contributed by atoms with Crippen LogP contribution in [0.2, 0.25) is 0 Å². The van der Waals surface area contributed by atoms with Crippen molar-refractivity contribution in [2.75, 3.05) is 32.4 Å². The van der Waals surface area contributed by atoms with Gasteiger partial charge in [-0.1, -0.05) is 6.07 Å². The molecular formula is C14H22N2O4S2. The summed E-state index contributed by atoms with van der Waals surface area (Å²) >= 11 is 0. The smallest absolute Gasteiger partial charge is 0.213 e. The minimum atomic E-state index is -3.59. The third kappa shape index (κ3) is 3.34. The fraction of sp³-hybridized carbons (Fsp3) is 0.571. The second-order valence-electron chi connectivity index (χ2n) is 5.77. The van der Waals surface area contributed by atoms with Gasteiger partial charge in [-0.3, -0.25) is 0 Å². The lowest BCUT2D eigenvalue weighted by molar-refractivity contribution is 0.274. The van der Waals surface area contributed by atoms with Crippen molar-refractivity contribution in [2.24, 2.45) is 0 Å². The molecule has 0 aliphatic carbocycles. The molecule has 0 saturated carbocycles. The Bertz CT molecular complexity index is 777. The molecule has 22 heavy (non-hydrogen) atoms. The van der Waals surface area contributed by atoms with Crippen LogP contribution in [0.4, 0.5) is 0 Å². The van der Waals surface area contributed by atoms with Gasteiger partial charge in [-0.25, -0.2) is 16.8 Å². The Labute approximate surface area is 132 Å². The highest BCUT2D eigenvalue weighted by atomic mass is 32.2. The molecule has 1 aromatic rings. The number of aryl methyl sites for hydroxylation is 3. The summed E-state index contributed by atoms with van der Waals surface area (Å²) in [6, 6.07) is 3.57. The van der Waals surface area contributed by atoms with Gasteiger partial charge >= 0.3 is 0 Å². The van der Waals surface area contributed by atoms with Gasteiger partial charge in [-0.2, -0.15) is 8.61 Å². The number of piperazine rings is 1. The molecule has 1 aromatic carbocycles. The molecule has 0 amide bonds. The summed E-state index contributed by atoms with van der Waals surface area (Å²) in [6.07, 6.45) is 1.14. The quantitative estimate of drug-likeness (QED) is 0.814. The monoisotopic (exact) mass is 346 g/mol. The third-order valence-electron chi connectivity index (χ3n) is 4.08. The molecule has 2 rings (SSSR count). The summed E-state index contributed by atoms with van der Waals surface area (Å²) in [4.78, 5) is 0.309. The van der Waals surface area contributed by atoms with Crippen LogP contribution in [-0.2, 0) is 20.0 Å². The van der Waals surface area contributed by atoms with E-state index in [-0.39, 0.29) is 26.2 Å². The van der Waals surface area contributed by atoms with E-state index in [4.69, 9.17) is 0 Å². The van der Waals surface area contributed by atoms with E-state index in [0.29, 0.717) is 10.5 Å². The van der Waals surface area contributed by atoms with E-state index in [1.165, 1.54) is 8.61 Å². The topological polar surface area (TPSA) is 74.8 Å². The molecule has 1 heterocycles. The predicted molar refractivity (Wildman–Crippen MR) is 85.8 cm³/mol. The molecule has 1 aliphatic heterocycles. The molecular weight excluding hydrogens is 324 g/mol. The molecule has 0 aromatic heterocycles. The van der Waals surface area contributed by atoms with Crippen molar-refractivity contribution in [3.8, 4) is 0 Å². The SMILES string of the molecule is Cc1cc(C)c(S(=O)(=O)N2CCN(S(C)(=O)=O)CC2)cc1C. The molecule has 0 radical (unpaired) electrons. The summed E-state index contributed by atoms with van der Waals surface area (Å²) < 4.78 is 51.3. The van der Waals surface area contributed by atoms with E-state index in [1.54, 1.807) is 13.0 Å². The Kier molecular flexibility index (Phi) is 4.68. The zero-order chi connectivity index (χ0) is 16.7. The molecule has 0 spiro atoms. The molecule has 0 unspecified atom stereocenters. The van der Waals surface area contributed by atoms with Crippen molar-refractivity contribution in [2.45, 2.75) is 25.7 Å². The predicted octanol–water partition coefficient (Wildman–Crippen LogP) is 0.878. The Morgan fingerprint density at radius 1 is 0.773 bits per heavy atom. The lowest BCUT2D eigenvalue weighted by atomic mass is 10.1. The van der Waals surface area contributed by atoms with Gasteiger partial charge in [0.1, 0.15) is 0 Å². The van der Waals surface area contributed by atoms with Crippen molar-refractivity contribution >= 4 is 20.0 Å². The van der Waals surface area contributed by atoms with Crippen LogP contribution in [0.25, 0.3) is 0 Å². The largest absolute Gasteiger partial charge is 0.243 e. The Morgan fingerprint density at radius 3 is 1.73 bits per heavy atom. The second kappa shape index (κ2) is 5.92. The second-order valence-corrected chi connectivity index (χ2v) is 9.66. The standard InChI is InChI=1S/C14H22N2O4S2/c1-11-9-13(3)14(10-12(11)2)22(19,20)16-7-5-15(6-8-16)21(4,17)18/h9-10H,5-8H2,1-4H3. The van der Waals surface area contributed by atoms with Crippen LogP contribution in [0, 0.1) is 20.8 Å². The van der Waals surface area contributed by atoms with Crippen molar-refractivity contribution in [1.29, 1.82) is 0 Å². The summed E-state index contributed by atoms with van der Waals surface area (Å²) in [5.41, 5.74) is 2.70. The summed E-state index contributed by atoms with van der Waals surface area (Å²) in [5.74, 6) is 0. The average Bonchev–Trinajstić information content (AvgIpc) is 2.42. The molecule has 6 nitrogen and oxygen atoms in total. The van der Waals surface area contributed by atoms with Crippen LogP contribution in [0.3, 0.4) is 0 Å². The first-order valence-electron chi connectivity index (χ1n) is 7.06. The number of rotatable bonds is 3. The first kappa shape index (κ1) is 17.4. The van der Waals surface area contributed by atoms with Gasteiger partial charge < -0.3 is 0 Å². The van der Waals surface area contributed by atoms with Crippen molar-refractivity contribution < 1.29 is 16.8 Å². The van der Waals surface area contributed by atoms with Crippen molar-refractivity contribution in [3.05, 3.63) is 28.8 Å². The maximum Gasteiger partial charge on any atom is 0.243 e. The molecule has 124 valence electrons.